The molecule has 5 aromatic carbocycles. The van der Waals surface area contributed by atoms with Gasteiger partial charge in [-0.05, 0) is 50.6 Å². The van der Waals surface area contributed by atoms with Crippen molar-refractivity contribution in [3.05, 3.63) is 189 Å². The third-order valence-corrected chi connectivity index (χ3v) is 15.3. The van der Waals surface area contributed by atoms with Gasteiger partial charge >= 0.3 is 28.4 Å². The van der Waals surface area contributed by atoms with Crippen LogP contribution >= 0.6 is 48.0 Å². The average molecular weight is 952 g/mol. The van der Waals surface area contributed by atoms with Crippen molar-refractivity contribution in [1.82, 2.24) is 0 Å². The van der Waals surface area contributed by atoms with E-state index in [1.54, 1.807) is 28.2 Å². The van der Waals surface area contributed by atoms with Gasteiger partial charge in [-0.1, -0.05) is 148 Å². The van der Waals surface area contributed by atoms with E-state index in [0.717, 1.165) is 44.4 Å². The number of hydrogen-bond donors (Lipinski definition) is 0. The molecule has 2 atom stereocenters. The first-order chi connectivity index (χ1) is 27.7. The van der Waals surface area contributed by atoms with Crippen molar-refractivity contribution in [3.8, 4) is 0 Å². The van der Waals surface area contributed by atoms with E-state index in [-0.39, 0.29) is 46.5 Å². The van der Waals surface area contributed by atoms with Crippen molar-refractivity contribution >= 4 is 79.3 Å². The molecule has 0 saturated heterocycles. The van der Waals surface area contributed by atoms with Gasteiger partial charge in [0.1, 0.15) is 0 Å². The molecule has 0 N–H and O–H groups in total. The van der Waals surface area contributed by atoms with Gasteiger partial charge in [0.15, 0.2) is 0 Å². The zero-order chi connectivity index (χ0) is 41.9. The fraction of sp³-hybridized carbons (Fsp3) is 0.309. The maximum absolute atomic E-state index is 5.94. The summed E-state index contributed by atoms with van der Waals surface area (Å²) >= 11 is 13.2. The van der Waals surface area contributed by atoms with E-state index < -0.39 is 0 Å². The molecule has 314 valence electrons. The number of halogens is 4. The van der Waals surface area contributed by atoms with Gasteiger partial charge in [0.2, 0.25) is 0 Å². The Kier molecular flexibility index (Phi) is 17.0. The second-order valence-corrected chi connectivity index (χ2v) is 18.3. The Bertz CT molecular complexity index is 2350. The molecule has 0 radical (unpaired) electrons. The molecule has 60 heavy (non-hydrogen) atoms. The van der Waals surface area contributed by atoms with Crippen LogP contribution in [0.15, 0.2) is 144 Å². The second-order valence-electron chi connectivity index (χ2n) is 17.5. The van der Waals surface area contributed by atoms with Gasteiger partial charge < -0.3 is 0 Å². The Labute approximate surface area is 398 Å². The molecule has 2 unspecified atom stereocenters. The Balaban J connectivity index is 0.000000209. The average Bonchev–Trinajstić information content (AvgIpc) is 3.95. The molecule has 5 heteroatoms. The van der Waals surface area contributed by atoms with Crippen LogP contribution in [0, 0.1) is 51.7 Å². The molecule has 5 aliphatic carbocycles. The van der Waals surface area contributed by atoms with Crippen molar-refractivity contribution in [2.75, 3.05) is 0 Å². The summed E-state index contributed by atoms with van der Waals surface area (Å²) in [6.45, 7) is 20.3. The van der Waals surface area contributed by atoms with Crippen LogP contribution in [0.25, 0.3) is 27.1 Å². The van der Waals surface area contributed by atoms with Crippen LogP contribution in [0.2, 0.25) is 10.0 Å². The van der Waals surface area contributed by atoms with Crippen molar-refractivity contribution < 1.29 is 24.2 Å². The third-order valence-electron chi connectivity index (χ3n) is 14.7. The van der Waals surface area contributed by atoms with E-state index >= 15 is 0 Å². The summed E-state index contributed by atoms with van der Waals surface area (Å²) in [6, 6.07) is 38.7. The summed E-state index contributed by atoms with van der Waals surface area (Å²) in [5.41, 5.74) is 10.3. The number of hydrogen-bond acceptors (Lipinski definition) is 0. The topological polar surface area (TPSA) is 0 Å². The summed E-state index contributed by atoms with van der Waals surface area (Å²) in [5, 5.41) is 5.85. The molecule has 1 fully saturated rings. The number of fused-ring (bicyclic) bond motifs is 8. The molecule has 0 spiro atoms. The van der Waals surface area contributed by atoms with Crippen LogP contribution in [0.1, 0.15) is 85.8 Å². The SMILES string of the molecule is C[C-]1C2=C3Cc4ccccc4C3=C3C=CCCC3C2(C)C(C)(C)C(C)(C)C1(C)C.Cl.Cl.Clc1cc[c-]c2ccccc12.Clc1cc[c-]c2ccccc12.[C-]1=CC=CC1.[CH2]=[Zr]. The van der Waals surface area contributed by atoms with Crippen LogP contribution in [0.4, 0.5) is 0 Å². The van der Waals surface area contributed by atoms with Crippen LogP contribution in [-0.4, -0.2) is 4.21 Å². The van der Waals surface area contributed by atoms with Gasteiger partial charge in [-0.2, -0.15) is 17.2 Å². The first kappa shape index (κ1) is 49.8. The Hall–Kier alpha value is -2.90. The van der Waals surface area contributed by atoms with Crippen LogP contribution < -0.4 is 0 Å². The second kappa shape index (κ2) is 20.5. The van der Waals surface area contributed by atoms with Gasteiger partial charge in [0, 0.05) is 0 Å². The molecule has 1 saturated carbocycles. The van der Waals surface area contributed by atoms with Gasteiger partial charge in [-0.15, -0.1) is 133 Å². The van der Waals surface area contributed by atoms with Gasteiger partial charge in [-0.25, -0.2) is 18.1 Å². The Morgan fingerprint density at radius 2 is 1.27 bits per heavy atom. The molecule has 0 aromatic heterocycles. The quantitative estimate of drug-likeness (QED) is 0.136. The summed E-state index contributed by atoms with van der Waals surface area (Å²) in [4.78, 5) is 0. The third kappa shape index (κ3) is 8.84. The normalized spacial score (nSPS) is 21.4. The van der Waals surface area contributed by atoms with E-state index in [4.69, 9.17) is 23.2 Å². The van der Waals surface area contributed by atoms with Crippen molar-refractivity contribution in [2.24, 2.45) is 27.6 Å². The molecule has 0 bridgehead atoms. The Morgan fingerprint density at radius 1 is 0.717 bits per heavy atom. The fourth-order valence-electron chi connectivity index (χ4n) is 10.1. The molecule has 5 aliphatic rings. The minimum atomic E-state index is 0. The van der Waals surface area contributed by atoms with E-state index in [0.29, 0.717) is 5.92 Å². The first-order valence-electron chi connectivity index (χ1n) is 20.5. The monoisotopic (exact) mass is 948 g/mol. The Morgan fingerprint density at radius 3 is 1.78 bits per heavy atom. The standard InChI is InChI=1S/C29H37.2C10H6Cl.C5H5.CH2.2ClH.Zr/c1-18-25-22-17-19-13-9-10-14-20(19)24(22)21-15-11-12-16-23(21)29(25,8)28(6,7)27(4,5)26(18,2)3;2*11-10-7-3-5-8-4-1-2-6-9(8)10;1-2-4-5-3-1;;;;/h9-11,13-15,23H,12,16-17H2,1-8H3;2*1-4,6-7H;1-3H,4H2;1H2;2*1H;/q4*-1;;;;. The minimum absolute atomic E-state index is 0. The zero-order valence-corrected chi connectivity index (χ0v) is 41.9. The van der Waals surface area contributed by atoms with Crippen molar-refractivity contribution in [3.63, 3.8) is 0 Å². The molecule has 0 heterocycles. The van der Waals surface area contributed by atoms with Crippen molar-refractivity contribution in [2.45, 2.75) is 81.1 Å². The molecule has 0 amide bonds. The van der Waals surface area contributed by atoms with Crippen LogP contribution in [-0.2, 0) is 30.7 Å². The van der Waals surface area contributed by atoms with E-state index in [9.17, 15) is 0 Å². The molecule has 5 aromatic rings. The van der Waals surface area contributed by atoms with Crippen molar-refractivity contribution in [1.29, 1.82) is 0 Å². The number of benzene rings is 5. The van der Waals surface area contributed by atoms with Gasteiger partial charge in [0.05, 0.1) is 0 Å². The zero-order valence-electron chi connectivity index (χ0n) is 36.3. The van der Waals surface area contributed by atoms with E-state index in [1.807, 2.05) is 84.9 Å². The first-order valence-corrected chi connectivity index (χ1v) is 23.0. The molecular formula is C55H58Cl4Zr-4. The predicted molar refractivity (Wildman–Crippen MR) is 263 cm³/mol. The predicted octanol–water partition coefficient (Wildman–Crippen LogP) is 16.7. The molecular weight excluding hydrogens is 894 g/mol. The molecule has 0 aliphatic heterocycles. The summed E-state index contributed by atoms with van der Waals surface area (Å²) in [7, 11) is 0. The summed E-state index contributed by atoms with van der Waals surface area (Å²) in [5.74, 6) is 2.24. The van der Waals surface area contributed by atoms with Crippen LogP contribution in [0.5, 0.6) is 0 Å². The summed E-state index contributed by atoms with van der Waals surface area (Å²) < 4.78 is 3.34. The van der Waals surface area contributed by atoms with Gasteiger partial charge in [0.25, 0.3) is 0 Å². The fourth-order valence-corrected chi connectivity index (χ4v) is 10.6. The van der Waals surface area contributed by atoms with E-state index in [2.05, 4.69) is 120 Å². The maximum atomic E-state index is 5.94. The number of allylic oxidation sites excluding steroid dienone is 10. The van der Waals surface area contributed by atoms with Crippen LogP contribution in [0.3, 0.4) is 0 Å². The molecule has 0 nitrogen and oxygen atoms in total. The summed E-state index contributed by atoms with van der Waals surface area (Å²) in [6.07, 6.45) is 18.5. The van der Waals surface area contributed by atoms with Gasteiger partial charge in [-0.3, -0.25) is 6.08 Å². The number of rotatable bonds is 0. The van der Waals surface area contributed by atoms with E-state index in [1.165, 1.54) is 48.2 Å². The molecule has 10 rings (SSSR count).